The van der Waals surface area contributed by atoms with E-state index < -0.39 is 0 Å². The van der Waals surface area contributed by atoms with E-state index in [0.29, 0.717) is 18.2 Å². The molecule has 0 aromatic heterocycles. The Morgan fingerprint density at radius 2 is 2.05 bits per heavy atom. The van der Waals surface area contributed by atoms with Gasteiger partial charge in [0.05, 0.1) is 24.9 Å². The highest BCUT2D eigenvalue weighted by molar-refractivity contribution is 5.26. The predicted octanol–water partition coefficient (Wildman–Crippen LogP) is 3.48. The van der Waals surface area contributed by atoms with E-state index in [0.717, 1.165) is 32.4 Å². The highest BCUT2D eigenvalue weighted by atomic mass is 16.5. The summed E-state index contributed by atoms with van der Waals surface area (Å²) in [4.78, 5) is 0. The van der Waals surface area contributed by atoms with Crippen LogP contribution in [0.3, 0.4) is 0 Å². The molecule has 0 saturated carbocycles. The summed E-state index contributed by atoms with van der Waals surface area (Å²) < 4.78 is 11.2. The molecule has 1 saturated heterocycles. The summed E-state index contributed by atoms with van der Waals surface area (Å²) in [5.74, 6) is 0. The van der Waals surface area contributed by atoms with Crippen LogP contribution in [0.2, 0.25) is 0 Å². The average molecular weight is 291 g/mol. The molecule has 1 aromatic carbocycles. The van der Waals surface area contributed by atoms with Gasteiger partial charge in [-0.25, -0.2) is 0 Å². The fraction of sp³-hybridized carbons (Fsp3) is 0.667. The first-order valence-corrected chi connectivity index (χ1v) is 8.21. The van der Waals surface area contributed by atoms with Gasteiger partial charge in [0.15, 0.2) is 0 Å². The Morgan fingerprint density at radius 3 is 2.62 bits per heavy atom. The van der Waals surface area contributed by atoms with Crippen molar-refractivity contribution in [3.63, 3.8) is 0 Å². The van der Waals surface area contributed by atoms with Gasteiger partial charge in [-0.2, -0.15) is 0 Å². The third-order valence-electron chi connectivity index (χ3n) is 4.18. The van der Waals surface area contributed by atoms with Gasteiger partial charge in [-0.15, -0.1) is 0 Å². The van der Waals surface area contributed by atoms with Crippen molar-refractivity contribution in [3.05, 3.63) is 35.4 Å². The Hall–Kier alpha value is -0.900. The van der Waals surface area contributed by atoms with Crippen LogP contribution in [0.1, 0.15) is 50.3 Å². The van der Waals surface area contributed by atoms with E-state index in [2.05, 4.69) is 43.4 Å². The second kappa shape index (κ2) is 8.52. The van der Waals surface area contributed by atoms with E-state index in [4.69, 9.17) is 9.47 Å². The summed E-state index contributed by atoms with van der Waals surface area (Å²) in [5, 5.41) is 3.66. The zero-order valence-corrected chi connectivity index (χ0v) is 13.6. The lowest BCUT2D eigenvalue weighted by Gasteiger charge is -2.25. The van der Waals surface area contributed by atoms with Crippen molar-refractivity contribution in [3.8, 4) is 0 Å². The topological polar surface area (TPSA) is 30.5 Å². The van der Waals surface area contributed by atoms with Gasteiger partial charge >= 0.3 is 0 Å². The van der Waals surface area contributed by atoms with Gasteiger partial charge in [-0.1, -0.05) is 31.2 Å². The predicted molar refractivity (Wildman–Crippen MR) is 86.6 cm³/mol. The summed E-state index contributed by atoms with van der Waals surface area (Å²) in [7, 11) is 1.75. The second-order valence-corrected chi connectivity index (χ2v) is 5.98. The zero-order chi connectivity index (χ0) is 15.1. The second-order valence-electron chi connectivity index (χ2n) is 5.98. The van der Waals surface area contributed by atoms with Crippen LogP contribution in [0.15, 0.2) is 24.3 Å². The minimum absolute atomic E-state index is 0.302. The van der Waals surface area contributed by atoms with Crippen molar-refractivity contribution in [2.45, 2.75) is 57.8 Å². The van der Waals surface area contributed by atoms with Gasteiger partial charge in [0.1, 0.15) is 0 Å². The first-order chi connectivity index (χ1) is 10.2. The Bertz CT molecular complexity index is 404. The van der Waals surface area contributed by atoms with Gasteiger partial charge in [-0.3, -0.25) is 0 Å². The molecule has 3 nitrogen and oxygen atoms in total. The number of hydrogen-bond acceptors (Lipinski definition) is 3. The van der Waals surface area contributed by atoms with E-state index in [1.807, 2.05) is 0 Å². The molecule has 118 valence electrons. The average Bonchev–Trinajstić information content (AvgIpc) is 2.93. The molecule has 0 bridgehead atoms. The van der Waals surface area contributed by atoms with Gasteiger partial charge in [0, 0.05) is 7.11 Å². The standard InChI is InChI=1S/C18H29NO2/c1-4-12-19-18(17-10-5-14(2)21-17)16-8-6-15(7-9-16)11-13-20-3/h6-9,14,17-19H,4-5,10-13H2,1-3H3. The molecule has 1 fully saturated rings. The molecule has 0 aliphatic carbocycles. The van der Waals surface area contributed by atoms with Crippen LogP contribution in [0.25, 0.3) is 0 Å². The number of methoxy groups -OCH3 is 1. The number of nitrogens with one attached hydrogen (secondary N) is 1. The van der Waals surface area contributed by atoms with Crippen LogP contribution in [-0.4, -0.2) is 32.5 Å². The first-order valence-electron chi connectivity index (χ1n) is 8.21. The molecule has 3 unspecified atom stereocenters. The monoisotopic (exact) mass is 291 g/mol. The first kappa shape index (κ1) is 16.5. The zero-order valence-electron chi connectivity index (χ0n) is 13.6. The van der Waals surface area contributed by atoms with Crippen molar-refractivity contribution in [1.82, 2.24) is 5.32 Å². The fourth-order valence-electron chi connectivity index (χ4n) is 2.95. The maximum Gasteiger partial charge on any atom is 0.0774 e. The van der Waals surface area contributed by atoms with Crippen LogP contribution >= 0.6 is 0 Å². The minimum Gasteiger partial charge on any atom is -0.384 e. The molecule has 0 amide bonds. The molecule has 1 aliphatic rings. The molecule has 1 aliphatic heterocycles. The minimum atomic E-state index is 0.302. The quantitative estimate of drug-likeness (QED) is 0.795. The summed E-state index contributed by atoms with van der Waals surface area (Å²) in [6, 6.07) is 9.22. The lowest BCUT2D eigenvalue weighted by molar-refractivity contribution is 0.0316. The molecule has 21 heavy (non-hydrogen) atoms. The lowest BCUT2D eigenvalue weighted by atomic mass is 9.97. The smallest absolute Gasteiger partial charge is 0.0774 e. The molecule has 2 rings (SSSR count). The summed E-state index contributed by atoms with van der Waals surface area (Å²) in [5.41, 5.74) is 2.67. The van der Waals surface area contributed by atoms with Crippen molar-refractivity contribution in [2.75, 3.05) is 20.3 Å². The summed E-state index contributed by atoms with van der Waals surface area (Å²) in [6.45, 7) is 6.19. The van der Waals surface area contributed by atoms with Crippen LogP contribution in [0.4, 0.5) is 0 Å². The van der Waals surface area contributed by atoms with E-state index in [9.17, 15) is 0 Å². The molecular weight excluding hydrogens is 262 g/mol. The fourth-order valence-corrected chi connectivity index (χ4v) is 2.95. The summed E-state index contributed by atoms with van der Waals surface area (Å²) in [6.07, 6.45) is 5.12. The van der Waals surface area contributed by atoms with Crippen LogP contribution in [-0.2, 0) is 15.9 Å². The van der Waals surface area contributed by atoms with Gasteiger partial charge in [-0.05, 0) is 50.3 Å². The number of ether oxygens (including phenoxy) is 2. The molecular formula is C18H29NO2. The van der Waals surface area contributed by atoms with E-state index in [1.165, 1.54) is 17.5 Å². The van der Waals surface area contributed by atoms with Crippen LogP contribution in [0.5, 0.6) is 0 Å². The highest BCUT2D eigenvalue weighted by Gasteiger charge is 2.30. The molecule has 1 aromatic rings. The summed E-state index contributed by atoms with van der Waals surface area (Å²) >= 11 is 0. The van der Waals surface area contributed by atoms with Gasteiger partial charge in [0.25, 0.3) is 0 Å². The number of rotatable bonds is 8. The lowest BCUT2D eigenvalue weighted by Crippen LogP contribution is -2.32. The maximum atomic E-state index is 6.09. The Kier molecular flexibility index (Phi) is 6.68. The Labute approximate surface area is 129 Å². The van der Waals surface area contributed by atoms with Crippen molar-refractivity contribution < 1.29 is 9.47 Å². The van der Waals surface area contributed by atoms with Crippen LogP contribution in [0, 0.1) is 0 Å². The molecule has 3 atom stereocenters. The molecule has 1 heterocycles. The Balaban J connectivity index is 2.04. The van der Waals surface area contributed by atoms with E-state index in [1.54, 1.807) is 7.11 Å². The molecule has 0 spiro atoms. The Morgan fingerprint density at radius 1 is 1.29 bits per heavy atom. The third kappa shape index (κ3) is 4.80. The largest absolute Gasteiger partial charge is 0.384 e. The molecule has 0 radical (unpaired) electrons. The van der Waals surface area contributed by atoms with Crippen LogP contribution < -0.4 is 5.32 Å². The van der Waals surface area contributed by atoms with Crippen molar-refractivity contribution in [2.24, 2.45) is 0 Å². The third-order valence-corrected chi connectivity index (χ3v) is 4.18. The SMILES string of the molecule is CCCNC(c1ccc(CCOC)cc1)C1CCC(C)O1. The normalized spacial score (nSPS) is 23.4. The van der Waals surface area contributed by atoms with Gasteiger partial charge in [0.2, 0.25) is 0 Å². The van der Waals surface area contributed by atoms with Gasteiger partial charge < -0.3 is 14.8 Å². The number of benzene rings is 1. The maximum absolute atomic E-state index is 6.09. The molecule has 1 N–H and O–H groups in total. The number of hydrogen-bond donors (Lipinski definition) is 1. The van der Waals surface area contributed by atoms with Crippen molar-refractivity contribution >= 4 is 0 Å². The molecule has 3 heteroatoms. The van der Waals surface area contributed by atoms with E-state index >= 15 is 0 Å². The highest BCUT2D eigenvalue weighted by Crippen LogP contribution is 2.30. The van der Waals surface area contributed by atoms with E-state index in [-0.39, 0.29) is 0 Å². The van der Waals surface area contributed by atoms with Crippen molar-refractivity contribution in [1.29, 1.82) is 0 Å².